The minimum Gasteiger partial charge on any atom is -0.380 e. The van der Waals surface area contributed by atoms with E-state index in [1.807, 2.05) is 19.1 Å². The van der Waals surface area contributed by atoms with Gasteiger partial charge in [0.15, 0.2) is 0 Å². The number of ether oxygens (including phenoxy) is 1. The van der Waals surface area contributed by atoms with Crippen LogP contribution in [0.4, 0.5) is 0 Å². The molecule has 0 amide bonds. The van der Waals surface area contributed by atoms with Crippen molar-refractivity contribution in [3.05, 3.63) is 35.5 Å². The number of nitrogens with zero attached hydrogens (tertiary/aromatic N) is 1. The largest absolute Gasteiger partial charge is 0.380 e. The lowest BCUT2D eigenvalue weighted by Crippen LogP contribution is -2.23. The number of hydrogen-bond acceptors (Lipinski definition) is 2. The van der Waals surface area contributed by atoms with Gasteiger partial charge < -0.3 is 14.6 Å². The van der Waals surface area contributed by atoms with Crippen LogP contribution >= 0.6 is 11.6 Å². The maximum atomic E-state index is 5.97. The SMILES string of the molecule is CCOCCNCCn1ccc2cc(Cl)ccc21. The average molecular weight is 267 g/mol. The summed E-state index contributed by atoms with van der Waals surface area (Å²) in [5.41, 5.74) is 1.23. The zero-order valence-corrected chi connectivity index (χ0v) is 11.4. The molecule has 1 heterocycles. The third-order valence-electron chi connectivity index (χ3n) is 2.89. The summed E-state index contributed by atoms with van der Waals surface area (Å²) >= 11 is 5.97. The lowest BCUT2D eigenvalue weighted by molar-refractivity contribution is 0.149. The fourth-order valence-corrected chi connectivity index (χ4v) is 2.16. The summed E-state index contributed by atoms with van der Waals surface area (Å²) in [7, 11) is 0. The lowest BCUT2D eigenvalue weighted by Gasteiger charge is -2.07. The molecule has 18 heavy (non-hydrogen) atoms. The lowest BCUT2D eigenvalue weighted by atomic mass is 10.2. The Morgan fingerprint density at radius 3 is 3.00 bits per heavy atom. The van der Waals surface area contributed by atoms with E-state index in [1.54, 1.807) is 0 Å². The molecule has 0 atom stereocenters. The van der Waals surface area contributed by atoms with Crippen LogP contribution in [0.25, 0.3) is 10.9 Å². The van der Waals surface area contributed by atoms with Crippen LogP contribution in [0.1, 0.15) is 6.92 Å². The van der Waals surface area contributed by atoms with Crippen molar-refractivity contribution in [2.45, 2.75) is 13.5 Å². The second-order valence-corrected chi connectivity index (χ2v) is 4.60. The summed E-state index contributed by atoms with van der Waals surface area (Å²) in [4.78, 5) is 0. The van der Waals surface area contributed by atoms with Gasteiger partial charge in [-0.05, 0) is 31.2 Å². The molecule has 0 spiro atoms. The Balaban J connectivity index is 1.84. The summed E-state index contributed by atoms with van der Waals surface area (Å²) in [6.07, 6.45) is 2.10. The monoisotopic (exact) mass is 266 g/mol. The van der Waals surface area contributed by atoms with E-state index < -0.39 is 0 Å². The average Bonchev–Trinajstić information content (AvgIpc) is 2.76. The number of rotatable bonds is 7. The molecule has 0 aliphatic heterocycles. The van der Waals surface area contributed by atoms with Gasteiger partial charge in [0.1, 0.15) is 0 Å². The van der Waals surface area contributed by atoms with Crippen molar-refractivity contribution in [3.63, 3.8) is 0 Å². The van der Waals surface area contributed by atoms with Gasteiger partial charge in [0.25, 0.3) is 0 Å². The van der Waals surface area contributed by atoms with Gasteiger partial charge in [0.05, 0.1) is 6.61 Å². The number of aromatic nitrogens is 1. The summed E-state index contributed by atoms with van der Waals surface area (Å²) < 4.78 is 7.51. The van der Waals surface area contributed by atoms with Crippen molar-refractivity contribution in [2.24, 2.45) is 0 Å². The molecule has 1 N–H and O–H groups in total. The van der Waals surface area contributed by atoms with Gasteiger partial charge in [-0.2, -0.15) is 0 Å². The first-order valence-corrected chi connectivity index (χ1v) is 6.72. The Bertz CT molecular complexity index is 495. The molecule has 0 unspecified atom stereocenters. The summed E-state index contributed by atoms with van der Waals surface area (Å²) in [5, 5.41) is 5.34. The molecule has 1 aromatic carbocycles. The second-order valence-electron chi connectivity index (χ2n) is 4.16. The molecule has 0 aliphatic carbocycles. The summed E-state index contributed by atoms with van der Waals surface area (Å²) in [6, 6.07) is 8.10. The van der Waals surface area contributed by atoms with Crippen LogP contribution in [0, 0.1) is 0 Å². The number of nitrogens with one attached hydrogen (secondary N) is 1. The topological polar surface area (TPSA) is 26.2 Å². The van der Waals surface area contributed by atoms with E-state index >= 15 is 0 Å². The molecule has 0 aliphatic rings. The zero-order chi connectivity index (χ0) is 12.8. The fraction of sp³-hybridized carbons (Fsp3) is 0.429. The minimum atomic E-state index is 0.776. The molecule has 3 nitrogen and oxygen atoms in total. The number of benzene rings is 1. The highest BCUT2D eigenvalue weighted by Gasteiger charge is 2.00. The first-order valence-electron chi connectivity index (χ1n) is 6.34. The first kappa shape index (κ1) is 13.4. The Morgan fingerprint density at radius 1 is 1.28 bits per heavy atom. The molecule has 0 saturated heterocycles. The highest BCUT2D eigenvalue weighted by molar-refractivity contribution is 6.31. The van der Waals surface area contributed by atoms with E-state index in [2.05, 4.69) is 28.2 Å². The molecular weight excluding hydrogens is 248 g/mol. The number of hydrogen-bond donors (Lipinski definition) is 1. The maximum Gasteiger partial charge on any atom is 0.0590 e. The maximum absolute atomic E-state index is 5.97. The highest BCUT2D eigenvalue weighted by Crippen LogP contribution is 2.20. The Kier molecular flexibility index (Phi) is 5.05. The molecule has 1 aromatic heterocycles. The van der Waals surface area contributed by atoms with Gasteiger partial charge in [0.2, 0.25) is 0 Å². The highest BCUT2D eigenvalue weighted by atomic mass is 35.5. The minimum absolute atomic E-state index is 0.776. The van der Waals surface area contributed by atoms with Gasteiger partial charge in [-0.25, -0.2) is 0 Å². The van der Waals surface area contributed by atoms with E-state index in [9.17, 15) is 0 Å². The predicted molar refractivity (Wildman–Crippen MR) is 76.3 cm³/mol. The fourth-order valence-electron chi connectivity index (χ4n) is 1.98. The van der Waals surface area contributed by atoms with Crippen LogP contribution in [-0.4, -0.2) is 30.9 Å². The zero-order valence-electron chi connectivity index (χ0n) is 10.7. The predicted octanol–water partition coefficient (Wildman–Crippen LogP) is 2.92. The van der Waals surface area contributed by atoms with E-state index in [0.717, 1.165) is 37.9 Å². The normalized spacial score (nSPS) is 11.2. The van der Waals surface area contributed by atoms with E-state index in [-0.39, 0.29) is 0 Å². The molecule has 0 fully saturated rings. The van der Waals surface area contributed by atoms with E-state index in [4.69, 9.17) is 16.3 Å². The van der Waals surface area contributed by atoms with Crippen LogP contribution in [-0.2, 0) is 11.3 Å². The van der Waals surface area contributed by atoms with E-state index in [0.29, 0.717) is 0 Å². The van der Waals surface area contributed by atoms with E-state index in [1.165, 1.54) is 10.9 Å². The molecule has 2 rings (SSSR count). The van der Waals surface area contributed by atoms with Gasteiger partial charge in [-0.1, -0.05) is 11.6 Å². The van der Waals surface area contributed by atoms with Crippen LogP contribution in [0.15, 0.2) is 30.5 Å². The van der Waals surface area contributed by atoms with Crippen molar-refractivity contribution in [3.8, 4) is 0 Å². The molecule has 0 bridgehead atoms. The molecule has 4 heteroatoms. The summed E-state index contributed by atoms with van der Waals surface area (Å²) in [6.45, 7) is 6.37. The molecule has 2 aromatic rings. The number of fused-ring (bicyclic) bond motifs is 1. The van der Waals surface area contributed by atoms with Gasteiger partial charge in [-0.15, -0.1) is 0 Å². The van der Waals surface area contributed by atoms with Crippen molar-refractivity contribution in [2.75, 3.05) is 26.3 Å². The van der Waals surface area contributed by atoms with Crippen LogP contribution in [0.2, 0.25) is 5.02 Å². The first-order chi connectivity index (χ1) is 8.81. The van der Waals surface area contributed by atoms with Gasteiger partial charge in [-0.3, -0.25) is 0 Å². The standard InChI is InChI=1S/C14H19ClN2O/c1-2-18-10-7-16-6-9-17-8-5-12-11-13(15)3-4-14(12)17/h3-5,8,11,16H,2,6-7,9-10H2,1H3. The van der Waals surface area contributed by atoms with Gasteiger partial charge >= 0.3 is 0 Å². The Hall–Kier alpha value is -1.03. The molecule has 0 saturated carbocycles. The van der Waals surface area contributed by atoms with Crippen molar-refractivity contribution in [1.29, 1.82) is 0 Å². The smallest absolute Gasteiger partial charge is 0.0590 e. The van der Waals surface area contributed by atoms with Crippen LogP contribution in [0.3, 0.4) is 0 Å². The molecule has 0 radical (unpaired) electrons. The quantitative estimate of drug-likeness (QED) is 0.780. The Morgan fingerprint density at radius 2 is 2.17 bits per heavy atom. The molecule has 98 valence electrons. The van der Waals surface area contributed by atoms with Crippen molar-refractivity contribution in [1.82, 2.24) is 9.88 Å². The second kappa shape index (κ2) is 6.78. The molecular formula is C14H19ClN2O. The van der Waals surface area contributed by atoms with Crippen molar-refractivity contribution >= 4 is 22.5 Å². The number of halogens is 1. The van der Waals surface area contributed by atoms with Crippen LogP contribution < -0.4 is 5.32 Å². The van der Waals surface area contributed by atoms with Crippen molar-refractivity contribution < 1.29 is 4.74 Å². The van der Waals surface area contributed by atoms with Crippen LogP contribution in [0.5, 0.6) is 0 Å². The van der Waals surface area contributed by atoms with Gasteiger partial charge in [0, 0.05) is 48.4 Å². The summed E-state index contributed by atoms with van der Waals surface area (Å²) in [5.74, 6) is 0. The third kappa shape index (κ3) is 3.48. The third-order valence-corrected chi connectivity index (χ3v) is 3.12. The Labute approximate surface area is 113 Å².